The van der Waals surface area contributed by atoms with Crippen LogP contribution in [0.1, 0.15) is 19.4 Å². The second-order valence-corrected chi connectivity index (χ2v) is 7.30. The van der Waals surface area contributed by atoms with Gasteiger partial charge in [0.05, 0.1) is 0 Å². The zero-order valence-electron chi connectivity index (χ0n) is 11.0. The smallest absolute Gasteiger partial charge is 0.154 e. The van der Waals surface area contributed by atoms with Crippen molar-refractivity contribution >= 4 is 34.7 Å². The maximum absolute atomic E-state index is 6.09. The summed E-state index contributed by atoms with van der Waals surface area (Å²) in [5, 5.41) is 6.24. The molecule has 1 N–H and O–H groups in total. The Kier molecular flexibility index (Phi) is 5.70. The van der Waals surface area contributed by atoms with Crippen LogP contribution in [0, 0.1) is 5.92 Å². The third-order valence-electron chi connectivity index (χ3n) is 2.50. The second-order valence-electron chi connectivity index (χ2n) is 4.68. The molecule has 2 rings (SSSR count). The first-order valence-electron chi connectivity index (χ1n) is 6.21. The highest BCUT2D eigenvalue weighted by Crippen LogP contribution is 2.33. The van der Waals surface area contributed by atoms with Gasteiger partial charge in [-0.2, -0.15) is 0 Å². The summed E-state index contributed by atoms with van der Waals surface area (Å²) in [6, 6.07) is 6.04. The van der Waals surface area contributed by atoms with Crippen molar-refractivity contribution in [1.82, 2.24) is 10.3 Å². The molecular weight excluding hydrogens is 296 g/mol. The van der Waals surface area contributed by atoms with E-state index in [0.717, 1.165) is 22.5 Å². The van der Waals surface area contributed by atoms with Gasteiger partial charge in [-0.15, -0.1) is 11.3 Å². The number of thiazole rings is 1. The van der Waals surface area contributed by atoms with Gasteiger partial charge in [0.15, 0.2) is 4.34 Å². The summed E-state index contributed by atoms with van der Waals surface area (Å²) >= 11 is 9.45. The number of halogens is 1. The van der Waals surface area contributed by atoms with Gasteiger partial charge < -0.3 is 5.32 Å². The Morgan fingerprint density at radius 2 is 2.26 bits per heavy atom. The number of benzene rings is 1. The largest absolute Gasteiger partial charge is 0.312 e. The summed E-state index contributed by atoms with van der Waals surface area (Å²) in [6.45, 7) is 6.26. The maximum Gasteiger partial charge on any atom is 0.154 e. The molecule has 0 amide bonds. The average Bonchev–Trinajstić information content (AvgIpc) is 2.85. The van der Waals surface area contributed by atoms with Gasteiger partial charge in [0.1, 0.15) is 0 Å². The van der Waals surface area contributed by atoms with Crippen LogP contribution in [0.4, 0.5) is 0 Å². The van der Waals surface area contributed by atoms with Gasteiger partial charge in [0, 0.05) is 28.0 Å². The molecule has 1 aromatic carbocycles. The molecule has 0 unspecified atom stereocenters. The number of nitrogens with zero attached hydrogens (tertiary/aromatic N) is 1. The third-order valence-corrected chi connectivity index (χ3v) is 4.73. The van der Waals surface area contributed by atoms with Crippen molar-refractivity contribution in [3.63, 3.8) is 0 Å². The lowest BCUT2D eigenvalue weighted by Gasteiger charge is -2.11. The zero-order chi connectivity index (χ0) is 13.7. The fourth-order valence-corrected chi connectivity index (χ4v) is 3.52. The van der Waals surface area contributed by atoms with Crippen molar-refractivity contribution < 1.29 is 0 Å². The first-order valence-corrected chi connectivity index (χ1v) is 8.29. The van der Waals surface area contributed by atoms with E-state index in [1.807, 2.05) is 23.7 Å². The fraction of sp³-hybridized carbons (Fsp3) is 0.357. The van der Waals surface area contributed by atoms with Crippen molar-refractivity contribution in [3.05, 3.63) is 40.4 Å². The molecule has 5 heteroatoms. The molecule has 0 aliphatic carbocycles. The lowest BCUT2D eigenvalue weighted by Crippen LogP contribution is -2.19. The molecule has 0 saturated heterocycles. The zero-order valence-corrected chi connectivity index (χ0v) is 13.4. The van der Waals surface area contributed by atoms with Gasteiger partial charge in [-0.05, 0) is 36.2 Å². The topological polar surface area (TPSA) is 24.9 Å². The van der Waals surface area contributed by atoms with Crippen LogP contribution in [0.5, 0.6) is 0 Å². The van der Waals surface area contributed by atoms with Gasteiger partial charge in [-0.25, -0.2) is 4.98 Å². The van der Waals surface area contributed by atoms with Crippen LogP contribution in [0.15, 0.2) is 39.0 Å². The molecule has 0 atom stereocenters. The van der Waals surface area contributed by atoms with Gasteiger partial charge in [0.25, 0.3) is 0 Å². The molecule has 2 aromatic rings. The molecule has 1 heterocycles. The summed E-state index contributed by atoms with van der Waals surface area (Å²) in [5.41, 5.74) is 1.23. The normalized spacial score (nSPS) is 11.2. The van der Waals surface area contributed by atoms with Crippen molar-refractivity contribution in [2.75, 3.05) is 6.54 Å². The molecular formula is C14H17ClN2S2. The Morgan fingerprint density at radius 1 is 1.42 bits per heavy atom. The number of aromatic nitrogens is 1. The van der Waals surface area contributed by atoms with E-state index in [0.29, 0.717) is 5.92 Å². The highest BCUT2D eigenvalue weighted by atomic mass is 35.5. The summed E-state index contributed by atoms with van der Waals surface area (Å²) in [5.74, 6) is 0.647. The highest BCUT2D eigenvalue weighted by molar-refractivity contribution is 8.01. The molecule has 0 aliphatic rings. The van der Waals surface area contributed by atoms with E-state index < -0.39 is 0 Å². The van der Waals surface area contributed by atoms with Crippen molar-refractivity contribution in [2.24, 2.45) is 5.92 Å². The minimum atomic E-state index is 0.647. The summed E-state index contributed by atoms with van der Waals surface area (Å²) in [7, 11) is 0. The van der Waals surface area contributed by atoms with Gasteiger partial charge in [-0.1, -0.05) is 37.2 Å². The lowest BCUT2D eigenvalue weighted by molar-refractivity contribution is 0.550. The maximum atomic E-state index is 6.09. The first kappa shape index (κ1) is 14.9. The van der Waals surface area contributed by atoms with Gasteiger partial charge in [0.2, 0.25) is 0 Å². The predicted molar refractivity (Wildman–Crippen MR) is 84.2 cm³/mol. The standard InChI is InChI=1S/C14H17ClN2S2/c1-10(2)8-16-9-11-7-12(15)3-4-13(11)19-14-17-5-6-18-14/h3-7,10,16H,8-9H2,1-2H3. The average molecular weight is 313 g/mol. The summed E-state index contributed by atoms with van der Waals surface area (Å²) in [6.07, 6.45) is 1.83. The molecule has 0 bridgehead atoms. The van der Waals surface area contributed by atoms with Crippen LogP contribution in [0.2, 0.25) is 5.02 Å². The molecule has 0 radical (unpaired) electrons. The first-order chi connectivity index (χ1) is 9.15. The predicted octanol–water partition coefficient (Wildman–Crippen LogP) is 4.69. The van der Waals surface area contributed by atoms with Gasteiger partial charge >= 0.3 is 0 Å². The SMILES string of the molecule is CC(C)CNCc1cc(Cl)ccc1Sc1nccs1. The van der Waals surface area contributed by atoms with Crippen LogP contribution in [0.25, 0.3) is 0 Å². The van der Waals surface area contributed by atoms with E-state index in [2.05, 4.69) is 30.2 Å². The van der Waals surface area contributed by atoms with Crippen LogP contribution in [-0.2, 0) is 6.54 Å². The Balaban J connectivity index is 2.08. The van der Waals surface area contributed by atoms with E-state index in [1.54, 1.807) is 23.1 Å². The van der Waals surface area contributed by atoms with Gasteiger partial charge in [-0.3, -0.25) is 0 Å². The Bertz CT molecular complexity index is 512. The molecule has 19 heavy (non-hydrogen) atoms. The number of hydrogen-bond acceptors (Lipinski definition) is 4. The Labute approximate surface area is 127 Å². The lowest BCUT2D eigenvalue weighted by atomic mass is 10.2. The minimum absolute atomic E-state index is 0.647. The molecule has 1 aromatic heterocycles. The van der Waals surface area contributed by atoms with E-state index >= 15 is 0 Å². The second kappa shape index (κ2) is 7.29. The van der Waals surface area contributed by atoms with Crippen LogP contribution in [-0.4, -0.2) is 11.5 Å². The Hall–Kier alpha value is -0.550. The number of nitrogens with one attached hydrogen (secondary N) is 1. The van der Waals surface area contributed by atoms with Crippen molar-refractivity contribution in [2.45, 2.75) is 29.6 Å². The van der Waals surface area contributed by atoms with E-state index in [-0.39, 0.29) is 0 Å². The molecule has 0 spiro atoms. The van der Waals surface area contributed by atoms with Crippen molar-refractivity contribution in [3.8, 4) is 0 Å². The van der Waals surface area contributed by atoms with Crippen LogP contribution in [0.3, 0.4) is 0 Å². The number of hydrogen-bond donors (Lipinski definition) is 1. The van der Waals surface area contributed by atoms with E-state index in [1.165, 1.54) is 10.5 Å². The highest BCUT2D eigenvalue weighted by Gasteiger charge is 2.07. The van der Waals surface area contributed by atoms with Crippen molar-refractivity contribution in [1.29, 1.82) is 0 Å². The molecule has 0 fully saturated rings. The third kappa shape index (κ3) is 4.80. The number of rotatable bonds is 6. The van der Waals surface area contributed by atoms with E-state index in [4.69, 9.17) is 11.6 Å². The van der Waals surface area contributed by atoms with Crippen LogP contribution < -0.4 is 5.32 Å². The molecule has 0 aliphatic heterocycles. The molecule has 0 saturated carbocycles. The Morgan fingerprint density at radius 3 is 2.95 bits per heavy atom. The molecule has 2 nitrogen and oxygen atoms in total. The van der Waals surface area contributed by atoms with Crippen LogP contribution >= 0.6 is 34.7 Å². The summed E-state index contributed by atoms with van der Waals surface area (Å²) in [4.78, 5) is 5.53. The monoisotopic (exact) mass is 312 g/mol. The summed E-state index contributed by atoms with van der Waals surface area (Å²) < 4.78 is 1.06. The van der Waals surface area contributed by atoms with E-state index in [9.17, 15) is 0 Å². The minimum Gasteiger partial charge on any atom is -0.312 e. The quantitative estimate of drug-likeness (QED) is 0.837. The molecule has 102 valence electrons. The fourth-order valence-electron chi connectivity index (χ4n) is 1.64.